The molecule has 3 heteroatoms. The Morgan fingerprint density at radius 1 is 1.40 bits per heavy atom. The van der Waals surface area contributed by atoms with Crippen LogP contribution < -0.4 is 0 Å². The lowest BCUT2D eigenvalue weighted by Gasteiger charge is -2.01. The summed E-state index contributed by atoms with van der Waals surface area (Å²) in [4.78, 5) is 11.3. The van der Waals surface area contributed by atoms with Crippen molar-refractivity contribution >= 4 is 23.9 Å². The molecule has 1 aromatic rings. The Hall–Kier alpha value is -1.28. The highest BCUT2D eigenvalue weighted by atomic mass is 35.5. The molecule has 0 fully saturated rings. The van der Waals surface area contributed by atoms with Gasteiger partial charge in [0.2, 0.25) is 0 Å². The zero-order valence-corrected chi connectivity index (χ0v) is 9.33. The minimum atomic E-state index is -0.470. The van der Waals surface area contributed by atoms with Gasteiger partial charge in [-0.05, 0) is 18.1 Å². The maximum absolute atomic E-state index is 11.3. The van der Waals surface area contributed by atoms with Gasteiger partial charge in [0.1, 0.15) is 11.9 Å². The Morgan fingerprint density at radius 3 is 2.60 bits per heavy atom. The van der Waals surface area contributed by atoms with E-state index < -0.39 is 5.97 Å². The largest absolute Gasteiger partial charge is 0.352 e. The molecule has 0 bridgehead atoms. The van der Waals surface area contributed by atoms with Crippen molar-refractivity contribution in [3.8, 4) is 0 Å². The molecule has 0 aliphatic heterocycles. The van der Waals surface area contributed by atoms with Crippen molar-refractivity contribution in [2.75, 3.05) is 0 Å². The van der Waals surface area contributed by atoms with Crippen LogP contribution in [0.2, 0.25) is 0 Å². The van der Waals surface area contributed by atoms with E-state index in [1.807, 2.05) is 37.3 Å². The average molecular weight is 225 g/mol. The molecule has 1 rings (SSSR count). The summed E-state index contributed by atoms with van der Waals surface area (Å²) in [5.74, 6) is -0.470. The summed E-state index contributed by atoms with van der Waals surface area (Å²) in [6.07, 6.45) is 3.35. The molecule has 0 spiro atoms. The second-order valence-corrected chi connectivity index (χ2v) is 3.35. The molecular formula is C12H13ClO2. The first kappa shape index (κ1) is 11.8. The lowest BCUT2D eigenvalue weighted by atomic mass is 10.1. The zero-order valence-electron chi connectivity index (χ0n) is 8.57. The van der Waals surface area contributed by atoms with Crippen LogP contribution in [-0.4, -0.2) is 5.97 Å². The van der Waals surface area contributed by atoms with E-state index in [1.165, 1.54) is 0 Å². The van der Waals surface area contributed by atoms with Gasteiger partial charge >= 0.3 is 5.97 Å². The van der Waals surface area contributed by atoms with Gasteiger partial charge in [0, 0.05) is 5.57 Å². The summed E-state index contributed by atoms with van der Waals surface area (Å²) in [6, 6.07) is 9.62. The van der Waals surface area contributed by atoms with Gasteiger partial charge in [-0.15, -0.1) is 0 Å². The van der Waals surface area contributed by atoms with E-state index in [4.69, 9.17) is 11.9 Å². The molecule has 0 unspecified atom stereocenters. The van der Waals surface area contributed by atoms with Gasteiger partial charge in [-0.1, -0.05) is 43.7 Å². The summed E-state index contributed by atoms with van der Waals surface area (Å²) < 4.78 is 4.20. The Kier molecular flexibility index (Phi) is 4.91. The molecule has 0 radical (unpaired) electrons. The number of hydrogen-bond donors (Lipinski definition) is 0. The summed E-state index contributed by atoms with van der Waals surface area (Å²) in [5.41, 5.74) is 1.57. The topological polar surface area (TPSA) is 26.3 Å². The van der Waals surface area contributed by atoms with E-state index in [0.29, 0.717) is 12.0 Å². The van der Waals surface area contributed by atoms with Crippen molar-refractivity contribution in [1.29, 1.82) is 0 Å². The molecule has 0 aliphatic rings. The summed E-state index contributed by atoms with van der Waals surface area (Å²) in [5, 5.41) is 0. The lowest BCUT2D eigenvalue weighted by Crippen LogP contribution is -2.01. The molecule has 0 amide bonds. The normalized spacial score (nSPS) is 11.2. The number of carbonyl (C=O) groups excluding carboxylic acids is 1. The monoisotopic (exact) mass is 224 g/mol. The quantitative estimate of drug-likeness (QED) is 0.731. The lowest BCUT2D eigenvalue weighted by molar-refractivity contribution is -0.129. The third kappa shape index (κ3) is 3.76. The Balaban J connectivity index is 2.88. The first-order valence-corrected chi connectivity index (χ1v) is 5.17. The highest BCUT2D eigenvalue weighted by Gasteiger charge is 2.09. The van der Waals surface area contributed by atoms with Crippen molar-refractivity contribution in [3.05, 3.63) is 41.5 Å². The van der Waals surface area contributed by atoms with E-state index in [1.54, 1.807) is 6.08 Å². The van der Waals surface area contributed by atoms with Crippen LogP contribution in [0.3, 0.4) is 0 Å². The van der Waals surface area contributed by atoms with Crippen molar-refractivity contribution < 1.29 is 9.08 Å². The van der Waals surface area contributed by atoms with E-state index >= 15 is 0 Å². The van der Waals surface area contributed by atoms with Crippen molar-refractivity contribution in [1.82, 2.24) is 0 Å². The molecule has 2 nitrogen and oxygen atoms in total. The van der Waals surface area contributed by atoms with Crippen LogP contribution in [-0.2, 0) is 9.08 Å². The van der Waals surface area contributed by atoms with Gasteiger partial charge in [-0.3, -0.25) is 0 Å². The van der Waals surface area contributed by atoms with E-state index in [2.05, 4.69) is 4.29 Å². The van der Waals surface area contributed by atoms with Gasteiger partial charge in [0.15, 0.2) is 0 Å². The molecule has 0 N–H and O–H groups in total. The summed E-state index contributed by atoms with van der Waals surface area (Å²) >= 11 is 5.06. The Bertz CT molecular complexity index is 344. The number of carbonyl (C=O) groups is 1. The second-order valence-electron chi connectivity index (χ2n) is 3.19. The van der Waals surface area contributed by atoms with Crippen LogP contribution in [0, 0.1) is 0 Å². The van der Waals surface area contributed by atoms with Gasteiger partial charge in [0.05, 0.1) is 0 Å². The first-order chi connectivity index (χ1) is 7.27. The number of benzene rings is 1. The van der Waals surface area contributed by atoms with Gasteiger partial charge in [0.25, 0.3) is 0 Å². The van der Waals surface area contributed by atoms with Crippen LogP contribution in [0.25, 0.3) is 6.08 Å². The summed E-state index contributed by atoms with van der Waals surface area (Å²) in [7, 11) is 0. The molecule has 1 aromatic carbocycles. The third-order valence-corrected chi connectivity index (χ3v) is 2.13. The summed E-state index contributed by atoms with van der Waals surface area (Å²) in [6.45, 7) is 2.00. The van der Waals surface area contributed by atoms with Crippen LogP contribution in [0.4, 0.5) is 0 Å². The molecule has 0 aliphatic carbocycles. The third-order valence-electron chi connectivity index (χ3n) is 1.99. The van der Waals surface area contributed by atoms with Crippen LogP contribution in [0.1, 0.15) is 25.3 Å². The van der Waals surface area contributed by atoms with Crippen molar-refractivity contribution in [3.63, 3.8) is 0 Å². The number of rotatable bonds is 4. The molecule has 0 atom stereocenters. The molecule has 0 saturated heterocycles. The van der Waals surface area contributed by atoms with Crippen LogP contribution >= 0.6 is 11.9 Å². The zero-order chi connectivity index (χ0) is 11.1. The van der Waals surface area contributed by atoms with Crippen molar-refractivity contribution in [2.24, 2.45) is 0 Å². The highest BCUT2D eigenvalue weighted by Crippen LogP contribution is 2.13. The van der Waals surface area contributed by atoms with Crippen LogP contribution in [0.5, 0.6) is 0 Å². The standard InChI is InChI=1S/C12H13ClO2/c1-2-6-11(12(14)15-13)9-10-7-4-3-5-8-10/h3-5,7-9H,2,6H2,1H3. The molecule has 80 valence electrons. The van der Waals surface area contributed by atoms with Crippen molar-refractivity contribution in [2.45, 2.75) is 19.8 Å². The Morgan fingerprint density at radius 2 is 2.07 bits per heavy atom. The maximum atomic E-state index is 11.3. The van der Waals surface area contributed by atoms with Gasteiger partial charge in [-0.25, -0.2) is 4.79 Å². The van der Waals surface area contributed by atoms with E-state index in [-0.39, 0.29) is 0 Å². The fourth-order valence-electron chi connectivity index (χ4n) is 1.30. The predicted molar refractivity (Wildman–Crippen MR) is 61.3 cm³/mol. The smallest absolute Gasteiger partial charge is 0.343 e. The molecular weight excluding hydrogens is 212 g/mol. The molecule has 0 heterocycles. The van der Waals surface area contributed by atoms with E-state index in [9.17, 15) is 4.79 Å². The SMILES string of the molecule is CCCC(=Cc1ccccc1)C(=O)OCl. The first-order valence-electron chi connectivity index (χ1n) is 4.86. The molecule has 15 heavy (non-hydrogen) atoms. The van der Waals surface area contributed by atoms with Crippen LogP contribution in [0.15, 0.2) is 35.9 Å². The average Bonchev–Trinajstić information content (AvgIpc) is 2.29. The highest BCUT2D eigenvalue weighted by molar-refractivity contribution is 6.16. The fraction of sp³-hybridized carbons (Fsp3) is 0.250. The number of halogens is 1. The van der Waals surface area contributed by atoms with E-state index in [0.717, 1.165) is 12.0 Å². The predicted octanol–water partition coefficient (Wildman–Crippen LogP) is 3.57. The minimum absolute atomic E-state index is 0.470. The van der Waals surface area contributed by atoms with Gasteiger partial charge in [-0.2, -0.15) is 0 Å². The minimum Gasteiger partial charge on any atom is -0.343 e. The Labute approximate surface area is 94.7 Å². The van der Waals surface area contributed by atoms with Gasteiger partial charge < -0.3 is 4.29 Å². The molecule has 0 saturated carbocycles. The second kappa shape index (κ2) is 6.25. The maximum Gasteiger partial charge on any atom is 0.352 e. The number of hydrogen-bond acceptors (Lipinski definition) is 2. The molecule has 0 aromatic heterocycles. The fourth-order valence-corrected chi connectivity index (χ4v) is 1.40.